The second kappa shape index (κ2) is 8.11. The summed E-state index contributed by atoms with van der Waals surface area (Å²) >= 11 is 0. The number of benzene rings is 1. The van der Waals surface area contributed by atoms with Gasteiger partial charge in [0.1, 0.15) is 5.75 Å². The van der Waals surface area contributed by atoms with Gasteiger partial charge in [-0.3, -0.25) is 9.69 Å². The van der Waals surface area contributed by atoms with Crippen molar-refractivity contribution in [1.29, 1.82) is 0 Å². The van der Waals surface area contributed by atoms with Gasteiger partial charge >= 0.3 is 0 Å². The van der Waals surface area contributed by atoms with Crippen molar-refractivity contribution < 1.29 is 14.1 Å². The molecule has 1 fully saturated rings. The minimum absolute atomic E-state index is 0.134. The van der Waals surface area contributed by atoms with E-state index < -0.39 is 0 Å². The van der Waals surface area contributed by atoms with Crippen LogP contribution in [0.4, 0.5) is 0 Å². The molecule has 3 rings (SSSR count). The molecule has 1 amide bonds. The molecule has 25 heavy (non-hydrogen) atoms. The van der Waals surface area contributed by atoms with Crippen LogP contribution in [0.25, 0.3) is 11.4 Å². The summed E-state index contributed by atoms with van der Waals surface area (Å²) in [5, 5.41) is 4.10. The summed E-state index contributed by atoms with van der Waals surface area (Å²) < 4.78 is 11.1. The van der Waals surface area contributed by atoms with E-state index in [1.165, 1.54) is 0 Å². The molecule has 1 aromatic heterocycles. The molecule has 1 saturated heterocycles. The third-order valence-corrected chi connectivity index (χ3v) is 4.29. The number of carbonyl (C=O) groups is 1. The van der Waals surface area contributed by atoms with Crippen molar-refractivity contribution in [1.82, 2.24) is 19.9 Å². The summed E-state index contributed by atoms with van der Waals surface area (Å²) in [5.74, 6) is 2.01. The highest BCUT2D eigenvalue weighted by molar-refractivity contribution is 5.73. The van der Waals surface area contributed by atoms with Gasteiger partial charge in [0.05, 0.1) is 18.7 Å². The second-order valence-corrected chi connectivity index (χ2v) is 6.08. The number of ether oxygens (including phenoxy) is 1. The predicted octanol–water partition coefficient (Wildman–Crippen LogP) is 2.19. The van der Waals surface area contributed by atoms with Crippen molar-refractivity contribution in [2.24, 2.45) is 0 Å². The molecule has 0 aliphatic carbocycles. The Hall–Kier alpha value is -2.41. The van der Waals surface area contributed by atoms with E-state index in [0.717, 1.165) is 43.9 Å². The van der Waals surface area contributed by atoms with E-state index in [1.54, 1.807) is 6.92 Å². The molecule has 2 heterocycles. The van der Waals surface area contributed by atoms with Crippen LogP contribution in [-0.2, 0) is 11.3 Å². The van der Waals surface area contributed by atoms with Gasteiger partial charge in [-0.1, -0.05) is 17.3 Å². The molecule has 0 bridgehead atoms. The van der Waals surface area contributed by atoms with Crippen LogP contribution in [0.1, 0.15) is 26.2 Å². The van der Waals surface area contributed by atoms with Crippen LogP contribution in [0.2, 0.25) is 0 Å². The molecule has 134 valence electrons. The largest absolute Gasteiger partial charge is 0.493 e. The molecule has 1 aliphatic heterocycles. The second-order valence-electron chi connectivity index (χ2n) is 6.08. The first kappa shape index (κ1) is 17.4. The fourth-order valence-corrected chi connectivity index (χ4v) is 3.00. The SMILES string of the molecule is CCOc1ccccc1-c1noc(CN2CCCN(C(C)=O)CC2)n1. The standard InChI is InChI=1S/C18H24N4O3/c1-3-24-16-8-5-4-7-15(16)18-19-17(25-20-18)13-21-9-6-10-22(12-11-21)14(2)23/h4-5,7-8H,3,6,9-13H2,1-2H3. The molecule has 0 saturated carbocycles. The molecule has 7 heteroatoms. The third kappa shape index (κ3) is 4.36. The highest BCUT2D eigenvalue weighted by Crippen LogP contribution is 2.27. The van der Waals surface area contributed by atoms with E-state index >= 15 is 0 Å². The number of carbonyl (C=O) groups excluding carboxylic acids is 1. The Morgan fingerprint density at radius 2 is 2.08 bits per heavy atom. The van der Waals surface area contributed by atoms with Gasteiger partial charge in [-0.15, -0.1) is 0 Å². The number of aromatic nitrogens is 2. The van der Waals surface area contributed by atoms with Crippen molar-refractivity contribution >= 4 is 5.91 Å². The Kier molecular flexibility index (Phi) is 5.65. The molecule has 0 radical (unpaired) electrons. The molecular weight excluding hydrogens is 320 g/mol. The first-order valence-corrected chi connectivity index (χ1v) is 8.70. The molecule has 0 unspecified atom stereocenters. The number of amides is 1. The quantitative estimate of drug-likeness (QED) is 0.828. The zero-order chi connectivity index (χ0) is 17.6. The lowest BCUT2D eigenvalue weighted by Gasteiger charge is -2.19. The van der Waals surface area contributed by atoms with Gasteiger partial charge in [-0.05, 0) is 25.5 Å². The van der Waals surface area contributed by atoms with Crippen molar-refractivity contribution in [2.45, 2.75) is 26.8 Å². The number of hydrogen-bond donors (Lipinski definition) is 0. The zero-order valence-corrected chi connectivity index (χ0v) is 14.8. The minimum Gasteiger partial charge on any atom is -0.493 e. The molecule has 1 aliphatic rings. The van der Waals surface area contributed by atoms with Crippen LogP contribution >= 0.6 is 0 Å². The van der Waals surface area contributed by atoms with Crippen LogP contribution in [0.5, 0.6) is 5.75 Å². The normalized spacial score (nSPS) is 15.8. The number of para-hydroxylation sites is 1. The maximum absolute atomic E-state index is 11.5. The first-order valence-electron chi connectivity index (χ1n) is 8.70. The molecule has 2 aromatic rings. The fourth-order valence-electron chi connectivity index (χ4n) is 3.00. The van der Waals surface area contributed by atoms with E-state index in [0.29, 0.717) is 24.9 Å². The molecule has 1 aromatic carbocycles. The zero-order valence-electron chi connectivity index (χ0n) is 14.8. The van der Waals surface area contributed by atoms with E-state index in [-0.39, 0.29) is 5.91 Å². The number of hydrogen-bond acceptors (Lipinski definition) is 6. The van der Waals surface area contributed by atoms with Crippen LogP contribution in [0.15, 0.2) is 28.8 Å². The number of rotatable bonds is 5. The van der Waals surface area contributed by atoms with Gasteiger partial charge in [-0.2, -0.15) is 4.98 Å². The van der Waals surface area contributed by atoms with Gasteiger partial charge in [0, 0.05) is 33.1 Å². The molecule has 0 atom stereocenters. The monoisotopic (exact) mass is 344 g/mol. The van der Waals surface area contributed by atoms with Gasteiger partial charge in [0.25, 0.3) is 0 Å². The van der Waals surface area contributed by atoms with Crippen LogP contribution in [0.3, 0.4) is 0 Å². The molecular formula is C18H24N4O3. The average molecular weight is 344 g/mol. The average Bonchev–Trinajstić information content (AvgIpc) is 2.93. The van der Waals surface area contributed by atoms with E-state index in [4.69, 9.17) is 9.26 Å². The van der Waals surface area contributed by atoms with Gasteiger partial charge in [0.2, 0.25) is 17.6 Å². The lowest BCUT2D eigenvalue weighted by atomic mass is 10.2. The Morgan fingerprint density at radius 1 is 1.24 bits per heavy atom. The van der Waals surface area contributed by atoms with Crippen molar-refractivity contribution in [3.63, 3.8) is 0 Å². The third-order valence-electron chi connectivity index (χ3n) is 4.29. The first-order chi connectivity index (χ1) is 12.2. The van der Waals surface area contributed by atoms with Crippen LogP contribution in [-0.4, -0.2) is 58.6 Å². The lowest BCUT2D eigenvalue weighted by molar-refractivity contribution is -0.128. The molecule has 7 nitrogen and oxygen atoms in total. The van der Waals surface area contributed by atoms with Crippen molar-refractivity contribution in [2.75, 3.05) is 32.8 Å². The van der Waals surface area contributed by atoms with E-state index in [1.807, 2.05) is 36.1 Å². The van der Waals surface area contributed by atoms with Crippen molar-refractivity contribution in [3.8, 4) is 17.1 Å². The highest BCUT2D eigenvalue weighted by atomic mass is 16.5. The lowest BCUT2D eigenvalue weighted by Crippen LogP contribution is -2.33. The highest BCUT2D eigenvalue weighted by Gasteiger charge is 2.19. The summed E-state index contributed by atoms with van der Waals surface area (Å²) in [7, 11) is 0. The van der Waals surface area contributed by atoms with Gasteiger partial charge < -0.3 is 14.2 Å². The Balaban J connectivity index is 1.67. The summed E-state index contributed by atoms with van der Waals surface area (Å²) in [6.07, 6.45) is 0.952. The van der Waals surface area contributed by atoms with Crippen molar-refractivity contribution in [3.05, 3.63) is 30.2 Å². The summed E-state index contributed by atoms with van der Waals surface area (Å²) in [5.41, 5.74) is 0.831. The predicted molar refractivity (Wildman–Crippen MR) is 93.1 cm³/mol. The minimum atomic E-state index is 0.134. The maximum atomic E-state index is 11.5. The Labute approximate surface area is 147 Å². The molecule has 0 spiro atoms. The van der Waals surface area contributed by atoms with Crippen LogP contribution in [0, 0.1) is 0 Å². The van der Waals surface area contributed by atoms with Gasteiger partial charge in [0.15, 0.2) is 0 Å². The Bertz CT molecular complexity index is 716. The summed E-state index contributed by atoms with van der Waals surface area (Å²) in [6, 6.07) is 7.68. The van der Waals surface area contributed by atoms with Crippen LogP contribution < -0.4 is 4.74 Å². The Morgan fingerprint density at radius 3 is 2.88 bits per heavy atom. The van der Waals surface area contributed by atoms with E-state index in [9.17, 15) is 4.79 Å². The maximum Gasteiger partial charge on any atom is 0.241 e. The molecule has 0 N–H and O–H groups in total. The number of nitrogens with zero attached hydrogens (tertiary/aromatic N) is 4. The van der Waals surface area contributed by atoms with E-state index in [2.05, 4.69) is 15.0 Å². The fraction of sp³-hybridized carbons (Fsp3) is 0.500. The smallest absolute Gasteiger partial charge is 0.241 e. The summed E-state index contributed by atoms with van der Waals surface area (Å²) in [6.45, 7) is 8.02. The topological polar surface area (TPSA) is 71.7 Å². The summed E-state index contributed by atoms with van der Waals surface area (Å²) in [4.78, 5) is 20.2. The van der Waals surface area contributed by atoms with Gasteiger partial charge in [-0.25, -0.2) is 0 Å².